The molecule has 6 rings (SSSR count). The van der Waals surface area contributed by atoms with E-state index < -0.39 is 6.17 Å². The number of amides is 1. The summed E-state index contributed by atoms with van der Waals surface area (Å²) in [6, 6.07) is 23.1. The second-order valence-corrected chi connectivity index (χ2v) is 8.44. The lowest BCUT2D eigenvalue weighted by molar-refractivity contribution is -0.116. The van der Waals surface area contributed by atoms with Crippen molar-refractivity contribution >= 4 is 29.1 Å². The summed E-state index contributed by atoms with van der Waals surface area (Å²) in [7, 11) is 0. The smallest absolute Gasteiger partial charge is 0.317 e. The van der Waals surface area contributed by atoms with E-state index in [-0.39, 0.29) is 23.7 Å². The molecule has 1 unspecified atom stereocenters. The van der Waals surface area contributed by atoms with Crippen molar-refractivity contribution in [3.8, 4) is 17.5 Å². The van der Waals surface area contributed by atoms with E-state index in [1.165, 1.54) is 0 Å². The molecule has 4 heterocycles. The number of aromatic nitrogens is 3. The predicted molar refractivity (Wildman–Crippen MR) is 133 cm³/mol. The van der Waals surface area contributed by atoms with Crippen molar-refractivity contribution in [2.75, 3.05) is 28.6 Å². The molecule has 4 aromatic rings. The first kappa shape index (κ1) is 21.5. The van der Waals surface area contributed by atoms with Crippen molar-refractivity contribution in [2.45, 2.75) is 6.17 Å². The molecule has 1 fully saturated rings. The lowest BCUT2D eigenvalue weighted by Gasteiger charge is -2.36. The van der Waals surface area contributed by atoms with Gasteiger partial charge in [-0.05, 0) is 18.2 Å². The van der Waals surface area contributed by atoms with Crippen LogP contribution in [0.3, 0.4) is 0 Å². The number of aliphatic imine (C=N–C) groups is 1. The monoisotopic (exact) mass is 476 g/mol. The number of carbonyl (C=O) groups is 1. The number of para-hydroxylation sites is 1. The van der Waals surface area contributed by atoms with Crippen molar-refractivity contribution in [3.05, 3.63) is 84.1 Å². The van der Waals surface area contributed by atoms with Crippen molar-refractivity contribution in [2.24, 2.45) is 10.9 Å². The van der Waals surface area contributed by atoms with Crippen LogP contribution >= 0.6 is 0 Å². The Balaban J connectivity index is 1.31. The molecule has 10 heteroatoms. The summed E-state index contributed by atoms with van der Waals surface area (Å²) in [4.78, 5) is 24.3. The lowest BCUT2D eigenvalue weighted by atomic mass is 10.0. The first-order chi connectivity index (χ1) is 17.7. The molecule has 1 saturated heterocycles. The Morgan fingerprint density at radius 1 is 1.00 bits per heavy atom. The Labute approximate surface area is 206 Å². The molecule has 1 atom stereocenters. The molecule has 0 bridgehead atoms. The molecule has 0 saturated carbocycles. The Morgan fingerprint density at radius 2 is 1.78 bits per heavy atom. The molecule has 36 heavy (non-hydrogen) atoms. The Kier molecular flexibility index (Phi) is 5.35. The van der Waals surface area contributed by atoms with Gasteiger partial charge in [-0.15, -0.1) is 5.10 Å². The Morgan fingerprint density at radius 3 is 2.61 bits per heavy atom. The van der Waals surface area contributed by atoms with E-state index in [0.29, 0.717) is 35.9 Å². The van der Waals surface area contributed by atoms with Crippen LogP contribution in [-0.2, 0) is 4.79 Å². The molecule has 2 aromatic carbocycles. The summed E-state index contributed by atoms with van der Waals surface area (Å²) in [6.07, 6.45) is 0.683. The highest BCUT2D eigenvalue weighted by Crippen LogP contribution is 2.33. The minimum atomic E-state index is -0.999. The van der Waals surface area contributed by atoms with Crippen LogP contribution < -0.4 is 15.5 Å². The van der Waals surface area contributed by atoms with Gasteiger partial charge in [0.2, 0.25) is 6.17 Å². The van der Waals surface area contributed by atoms with Gasteiger partial charge in [-0.2, -0.15) is 5.26 Å². The molecule has 0 spiro atoms. The van der Waals surface area contributed by atoms with E-state index >= 15 is 0 Å². The predicted octanol–water partition coefficient (Wildman–Crippen LogP) is 3.32. The van der Waals surface area contributed by atoms with Crippen LogP contribution in [0.5, 0.6) is 0 Å². The van der Waals surface area contributed by atoms with E-state index in [1.807, 2.05) is 65.6 Å². The number of fused-ring (bicyclic) bond motifs is 1. The van der Waals surface area contributed by atoms with Gasteiger partial charge in [0.05, 0.1) is 28.9 Å². The zero-order valence-electron chi connectivity index (χ0n) is 19.0. The first-order valence-electron chi connectivity index (χ1n) is 11.4. The third-order valence-corrected chi connectivity index (χ3v) is 6.06. The maximum absolute atomic E-state index is 13.1. The largest absolute Gasteiger partial charge is 0.403 e. The molecule has 176 valence electrons. The topological polar surface area (TPSA) is 132 Å². The van der Waals surface area contributed by atoms with E-state index in [0.717, 1.165) is 11.1 Å². The van der Waals surface area contributed by atoms with Crippen LogP contribution in [0.2, 0.25) is 0 Å². The normalized spacial score (nSPS) is 17.2. The first-order valence-corrected chi connectivity index (χ1v) is 11.4. The van der Waals surface area contributed by atoms with Gasteiger partial charge < -0.3 is 20.0 Å². The van der Waals surface area contributed by atoms with Crippen LogP contribution in [0.1, 0.15) is 11.1 Å². The second-order valence-electron chi connectivity index (χ2n) is 8.44. The quantitative estimate of drug-likeness (QED) is 0.448. The number of nitrogens with zero attached hydrogens (tertiary/aromatic N) is 6. The molecular formula is C26H20N8O2. The van der Waals surface area contributed by atoms with E-state index in [2.05, 4.69) is 31.9 Å². The third kappa shape index (κ3) is 3.92. The average Bonchev–Trinajstić information content (AvgIpc) is 3.30. The van der Waals surface area contributed by atoms with Crippen molar-refractivity contribution < 1.29 is 9.21 Å². The summed E-state index contributed by atoms with van der Waals surface area (Å²) in [5.74, 6) is 0.560. The number of pyridine rings is 1. The van der Waals surface area contributed by atoms with Crippen molar-refractivity contribution in [3.63, 3.8) is 0 Å². The minimum absolute atomic E-state index is 0.0192. The van der Waals surface area contributed by atoms with Gasteiger partial charge in [0.25, 0.3) is 11.8 Å². The van der Waals surface area contributed by atoms with E-state index in [9.17, 15) is 4.79 Å². The van der Waals surface area contributed by atoms with E-state index in [1.54, 1.807) is 12.3 Å². The summed E-state index contributed by atoms with van der Waals surface area (Å²) in [5, 5.41) is 23.3. The molecule has 2 N–H and O–H groups in total. The van der Waals surface area contributed by atoms with Gasteiger partial charge >= 0.3 is 6.01 Å². The molecule has 2 aliphatic heterocycles. The molecule has 1 amide bonds. The van der Waals surface area contributed by atoms with Crippen LogP contribution in [0.25, 0.3) is 11.5 Å². The highest BCUT2D eigenvalue weighted by Gasteiger charge is 2.31. The SMILES string of the molecule is N#CC1CN(c2ncccc2-c2nnc(NC3N=C(c4ccccc4)c4ccccc4NC3=O)o2)C1. The highest BCUT2D eigenvalue weighted by molar-refractivity contribution is 6.19. The number of hydrogen-bond donors (Lipinski definition) is 2. The van der Waals surface area contributed by atoms with Crippen molar-refractivity contribution in [1.82, 2.24) is 15.2 Å². The third-order valence-electron chi connectivity index (χ3n) is 6.06. The van der Waals surface area contributed by atoms with Crippen LogP contribution in [0.15, 0.2) is 82.3 Å². The number of rotatable bonds is 5. The lowest BCUT2D eigenvalue weighted by Crippen LogP contribution is -2.46. The van der Waals surface area contributed by atoms with Crippen LogP contribution in [0, 0.1) is 17.2 Å². The molecule has 0 radical (unpaired) electrons. The fraction of sp³-hybridized carbons (Fsp3) is 0.154. The number of carbonyl (C=O) groups excluding carboxylic acids is 1. The molecule has 10 nitrogen and oxygen atoms in total. The highest BCUT2D eigenvalue weighted by atomic mass is 16.4. The standard InChI is InChI=1S/C26H20N8O2/c27-13-16-14-34(15-16)23-19(10-6-12-28-23)25-32-33-26(36-25)31-22-24(35)29-20-11-5-4-9-18(20)21(30-22)17-7-2-1-3-8-17/h1-12,16,22H,14-15H2,(H,29,35)(H,31,33). The fourth-order valence-corrected chi connectivity index (χ4v) is 4.24. The Hall–Kier alpha value is -5.04. The average molecular weight is 477 g/mol. The van der Waals surface area contributed by atoms with Crippen LogP contribution in [-0.4, -0.2) is 46.1 Å². The van der Waals surface area contributed by atoms with Crippen molar-refractivity contribution in [1.29, 1.82) is 5.26 Å². The number of hydrogen-bond acceptors (Lipinski definition) is 9. The number of nitrogens with one attached hydrogen (secondary N) is 2. The fourth-order valence-electron chi connectivity index (χ4n) is 4.24. The summed E-state index contributed by atoms with van der Waals surface area (Å²) < 4.78 is 5.88. The second kappa shape index (κ2) is 8.96. The molecular weight excluding hydrogens is 456 g/mol. The summed E-state index contributed by atoms with van der Waals surface area (Å²) in [5.41, 5.74) is 3.69. The zero-order chi connectivity index (χ0) is 24.5. The van der Waals surface area contributed by atoms with Gasteiger partial charge in [-0.25, -0.2) is 9.98 Å². The van der Waals surface area contributed by atoms with E-state index in [4.69, 9.17) is 14.7 Å². The maximum atomic E-state index is 13.1. The number of benzodiazepines with no additional fused rings is 1. The molecule has 2 aromatic heterocycles. The maximum Gasteiger partial charge on any atom is 0.317 e. The van der Waals surface area contributed by atoms with Gasteiger partial charge in [0.1, 0.15) is 5.82 Å². The van der Waals surface area contributed by atoms with Gasteiger partial charge in [0, 0.05) is 30.4 Å². The number of nitriles is 1. The number of anilines is 3. The van der Waals surface area contributed by atoms with Gasteiger partial charge in [0.15, 0.2) is 0 Å². The van der Waals surface area contributed by atoms with Gasteiger partial charge in [-0.1, -0.05) is 53.6 Å². The summed E-state index contributed by atoms with van der Waals surface area (Å²) >= 11 is 0. The molecule has 0 aliphatic carbocycles. The van der Waals surface area contributed by atoms with Gasteiger partial charge in [-0.3, -0.25) is 4.79 Å². The minimum Gasteiger partial charge on any atom is -0.403 e. The Bertz CT molecular complexity index is 1500. The zero-order valence-corrected chi connectivity index (χ0v) is 19.0. The summed E-state index contributed by atoms with van der Waals surface area (Å²) in [6.45, 7) is 1.19. The van der Waals surface area contributed by atoms with Crippen LogP contribution in [0.4, 0.5) is 17.5 Å². The molecule has 2 aliphatic rings. The number of benzene rings is 2.